The quantitative estimate of drug-likeness (QED) is 0.541. The summed E-state index contributed by atoms with van der Waals surface area (Å²) in [7, 11) is -2.93. The molecule has 0 spiro atoms. The summed E-state index contributed by atoms with van der Waals surface area (Å²) in [6.07, 6.45) is 3.96. The number of esters is 1. The molecule has 2 atom stereocenters. The van der Waals surface area contributed by atoms with Gasteiger partial charge in [0.1, 0.15) is 5.60 Å². The van der Waals surface area contributed by atoms with E-state index in [2.05, 4.69) is 0 Å². The zero-order valence-electron chi connectivity index (χ0n) is 11.1. The molecule has 0 aromatic heterocycles. The number of hydrogen-bond acceptors (Lipinski definition) is 4. The van der Waals surface area contributed by atoms with Gasteiger partial charge in [0.15, 0.2) is 9.84 Å². The van der Waals surface area contributed by atoms with Gasteiger partial charge < -0.3 is 4.74 Å². The predicted octanol–water partition coefficient (Wildman–Crippen LogP) is 1.99. The van der Waals surface area contributed by atoms with E-state index in [0.717, 1.165) is 18.4 Å². The maximum Gasteiger partial charge on any atom is 0.331 e. The van der Waals surface area contributed by atoms with E-state index in [1.54, 1.807) is 0 Å². The Hall–Kier alpha value is -0.840. The highest BCUT2D eigenvalue weighted by Gasteiger charge is 2.45. The summed E-state index contributed by atoms with van der Waals surface area (Å²) < 4.78 is 29.0. The number of ether oxygens (including phenoxy) is 1. The first kappa shape index (κ1) is 13.6. The maximum absolute atomic E-state index is 11.9. The first-order valence-electron chi connectivity index (χ1n) is 6.33. The van der Waals surface area contributed by atoms with Crippen LogP contribution < -0.4 is 0 Å². The molecule has 102 valence electrons. The summed E-state index contributed by atoms with van der Waals surface area (Å²) in [5.41, 5.74) is 0.417. The molecule has 0 radical (unpaired) electrons. The van der Waals surface area contributed by atoms with E-state index in [-0.39, 0.29) is 16.5 Å². The lowest BCUT2D eigenvalue weighted by molar-refractivity contribution is -0.148. The minimum Gasteiger partial charge on any atom is -0.457 e. The molecule has 2 saturated heterocycles. The summed E-state index contributed by atoms with van der Waals surface area (Å²) in [5.74, 6) is -0.365. The van der Waals surface area contributed by atoms with Crippen molar-refractivity contribution >= 4 is 15.8 Å². The lowest BCUT2D eigenvalue weighted by Gasteiger charge is -2.23. The molecule has 2 fully saturated rings. The fraction of sp³-hybridized carbons (Fsp3) is 0.769. The summed E-state index contributed by atoms with van der Waals surface area (Å²) >= 11 is 0. The maximum atomic E-state index is 11.9. The SMILES string of the molecule is CC(C)(C)OC(=O)C=C1CC2CCC(C1)S2(=O)=O. The van der Waals surface area contributed by atoms with Gasteiger partial charge in [-0.15, -0.1) is 0 Å². The molecule has 18 heavy (non-hydrogen) atoms. The molecular weight excluding hydrogens is 252 g/mol. The second kappa shape index (κ2) is 4.37. The van der Waals surface area contributed by atoms with Crippen molar-refractivity contribution in [2.24, 2.45) is 0 Å². The van der Waals surface area contributed by atoms with E-state index in [9.17, 15) is 13.2 Å². The van der Waals surface area contributed by atoms with E-state index in [0.29, 0.717) is 12.8 Å². The van der Waals surface area contributed by atoms with Crippen LogP contribution in [-0.4, -0.2) is 30.5 Å². The smallest absolute Gasteiger partial charge is 0.331 e. The zero-order chi connectivity index (χ0) is 13.6. The zero-order valence-corrected chi connectivity index (χ0v) is 11.9. The Bertz CT molecular complexity index is 460. The predicted molar refractivity (Wildman–Crippen MR) is 68.9 cm³/mol. The van der Waals surface area contributed by atoms with Crippen molar-refractivity contribution in [3.05, 3.63) is 11.6 Å². The Labute approximate surface area is 108 Å². The average Bonchev–Trinajstić information content (AvgIpc) is 2.37. The van der Waals surface area contributed by atoms with Gasteiger partial charge in [0.05, 0.1) is 10.5 Å². The van der Waals surface area contributed by atoms with Gasteiger partial charge in [0, 0.05) is 6.08 Å². The summed E-state index contributed by atoms with van der Waals surface area (Å²) in [6, 6.07) is 0. The van der Waals surface area contributed by atoms with Crippen LogP contribution in [0.2, 0.25) is 0 Å². The Kier molecular flexibility index (Phi) is 3.30. The highest BCUT2D eigenvalue weighted by molar-refractivity contribution is 7.93. The second-order valence-electron chi connectivity index (χ2n) is 6.15. The number of rotatable bonds is 1. The molecule has 2 rings (SSSR count). The largest absolute Gasteiger partial charge is 0.457 e. The highest BCUT2D eigenvalue weighted by atomic mass is 32.2. The van der Waals surface area contributed by atoms with Gasteiger partial charge in [-0.1, -0.05) is 5.57 Å². The topological polar surface area (TPSA) is 60.4 Å². The third-order valence-electron chi connectivity index (χ3n) is 3.45. The summed E-state index contributed by atoms with van der Waals surface area (Å²) in [4.78, 5) is 11.7. The van der Waals surface area contributed by atoms with Crippen molar-refractivity contribution in [2.75, 3.05) is 0 Å². The van der Waals surface area contributed by atoms with Crippen molar-refractivity contribution in [2.45, 2.75) is 62.6 Å². The van der Waals surface area contributed by atoms with Gasteiger partial charge in [-0.3, -0.25) is 0 Å². The highest BCUT2D eigenvalue weighted by Crippen LogP contribution is 2.40. The van der Waals surface area contributed by atoms with Crippen molar-refractivity contribution in [3.8, 4) is 0 Å². The number of hydrogen-bond donors (Lipinski definition) is 0. The van der Waals surface area contributed by atoms with E-state index in [4.69, 9.17) is 4.74 Å². The average molecular weight is 272 g/mol. The molecule has 0 N–H and O–H groups in total. The van der Waals surface area contributed by atoms with Gasteiger partial charge >= 0.3 is 5.97 Å². The van der Waals surface area contributed by atoms with Gasteiger partial charge in [-0.05, 0) is 46.5 Å². The number of carbonyl (C=O) groups is 1. The second-order valence-corrected chi connectivity index (χ2v) is 8.67. The molecule has 0 amide bonds. The number of fused-ring (bicyclic) bond motifs is 2. The summed E-state index contributed by atoms with van der Waals surface area (Å²) in [6.45, 7) is 5.45. The third kappa shape index (κ3) is 2.76. The van der Waals surface area contributed by atoms with Gasteiger partial charge in [0.25, 0.3) is 0 Å². The lowest BCUT2D eigenvalue weighted by Crippen LogP contribution is -2.30. The molecule has 4 nitrogen and oxygen atoms in total. The minimum absolute atomic E-state index is 0.273. The lowest BCUT2D eigenvalue weighted by atomic mass is 10.1. The summed E-state index contributed by atoms with van der Waals surface area (Å²) in [5, 5.41) is -0.546. The van der Waals surface area contributed by atoms with Crippen molar-refractivity contribution in [1.82, 2.24) is 0 Å². The Morgan fingerprint density at radius 1 is 1.22 bits per heavy atom. The van der Waals surface area contributed by atoms with Crippen LogP contribution in [0.25, 0.3) is 0 Å². The van der Waals surface area contributed by atoms with Crippen LogP contribution in [0.4, 0.5) is 0 Å². The van der Waals surface area contributed by atoms with Crippen LogP contribution in [-0.2, 0) is 19.4 Å². The standard InChI is InChI=1S/C13H20O4S/c1-13(2,3)17-12(14)8-9-6-10-4-5-11(7-9)18(10,15)16/h8,10-11H,4-7H2,1-3H3. The molecule has 2 aliphatic heterocycles. The molecular formula is C13H20O4S. The van der Waals surface area contributed by atoms with Crippen LogP contribution in [0, 0.1) is 0 Å². The first-order chi connectivity index (χ1) is 8.18. The molecule has 2 aliphatic rings. The molecule has 2 bridgehead atoms. The van der Waals surface area contributed by atoms with Crippen LogP contribution in [0.1, 0.15) is 46.5 Å². The van der Waals surface area contributed by atoms with Crippen LogP contribution >= 0.6 is 0 Å². The minimum atomic E-state index is -2.93. The van der Waals surface area contributed by atoms with Crippen LogP contribution in [0.5, 0.6) is 0 Å². The Balaban J connectivity index is 2.08. The van der Waals surface area contributed by atoms with Gasteiger partial charge in [-0.25, -0.2) is 13.2 Å². The molecule has 0 aliphatic carbocycles. The molecule has 2 unspecified atom stereocenters. The van der Waals surface area contributed by atoms with Gasteiger partial charge in [-0.2, -0.15) is 0 Å². The fourth-order valence-electron chi connectivity index (χ4n) is 2.69. The molecule has 0 saturated carbocycles. The molecule has 0 aromatic rings. The molecule has 2 heterocycles. The van der Waals surface area contributed by atoms with Gasteiger partial charge in [0.2, 0.25) is 0 Å². The van der Waals surface area contributed by atoms with E-state index < -0.39 is 15.4 Å². The van der Waals surface area contributed by atoms with Crippen molar-refractivity contribution in [1.29, 1.82) is 0 Å². The number of sulfone groups is 1. The van der Waals surface area contributed by atoms with E-state index >= 15 is 0 Å². The normalized spacial score (nSPS) is 30.1. The van der Waals surface area contributed by atoms with E-state index in [1.165, 1.54) is 6.08 Å². The first-order valence-corrected chi connectivity index (χ1v) is 7.94. The number of carbonyl (C=O) groups excluding carboxylic acids is 1. The van der Waals surface area contributed by atoms with E-state index in [1.807, 2.05) is 20.8 Å². The molecule has 0 aromatic carbocycles. The fourth-order valence-corrected chi connectivity index (χ4v) is 5.06. The Morgan fingerprint density at radius 2 is 1.72 bits per heavy atom. The third-order valence-corrected chi connectivity index (χ3v) is 6.11. The Morgan fingerprint density at radius 3 is 2.17 bits per heavy atom. The van der Waals surface area contributed by atoms with Crippen LogP contribution in [0.15, 0.2) is 11.6 Å². The van der Waals surface area contributed by atoms with Crippen molar-refractivity contribution < 1.29 is 17.9 Å². The number of allylic oxidation sites excluding steroid dienone is 1. The molecule has 5 heteroatoms. The van der Waals surface area contributed by atoms with Crippen molar-refractivity contribution in [3.63, 3.8) is 0 Å². The van der Waals surface area contributed by atoms with Crippen LogP contribution in [0.3, 0.4) is 0 Å². The monoisotopic (exact) mass is 272 g/mol.